The molecule has 0 saturated heterocycles. The average Bonchev–Trinajstić information content (AvgIpc) is 2.91. The van der Waals surface area contributed by atoms with Gasteiger partial charge in [-0.1, -0.05) is 11.6 Å². The zero-order valence-corrected chi connectivity index (χ0v) is 13.7. The maximum Gasteiger partial charge on any atom is 0.226 e. The lowest BCUT2D eigenvalue weighted by molar-refractivity contribution is -0.304. The molecule has 0 fully saturated rings. The first-order valence-electron chi connectivity index (χ1n) is 6.81. The van der Waals surface area contributed by atoms with E-state index in [-0.39, 0.29) is 18.7 Å². The van der Waals surface area contributed by atoms with Gasteiger partial charge in [-0.25, -0.2) is 4.98 Å². The first-order valence-corrected chi connectivity index (χ1v) is 8.07. The molecule has 2 aromatic rings. The highest BCUT2D eigenvalue weighted by molar-refractivity contribution is 7.09. The van der Waals surface area contributed by atoms with Crippen molar-refractivity contribution in [3.05, 3.63) is 45.4 Å². The largest absolute Gasteiger partial charge is 0.550 e. The highest BCUT2D eigenvalue weighted by atomic mass is 35.5. The molecular formula is C15H14ClN2O4S-. The van der Waals surface area contributed by atoms with Crippen molar-refractivity contribution < 1.29 is 19.4 Å². The number of carboxylic acid groups (broad SMARTS) is 1. The number of rotatable bonds is 8. The summed E-state index contributed by atoms with van der Waals surface area (Å²) in [6, 6.07) is 6.95. The Bertz CT molecular complexity index is 672. The van der Waals surface area contributed by atoms with Crippen LogP contribution in [0.25, 0.3) is 0 Å². The Morgan fingerprint density at radius 3 is 2.70 bits per heavy atom. The lowest BCUT2D eigenvalue weighted by Gasteiger charge is -2.07. The first-order chi connectivity index (χ1) is 11.0. The number of halogens is 1. The Morgan fingerprint density at radius 1 is 1.26 bits per heavy atom. The standard InChI is InChI=1S/C15H15ClN2O4S/c16-10-1-3-12(4-2-10)22-6-5-17-13(19)8-14-18-11(9-23-14)7-15(20)21/h1-4,9H,5-8H2,(H,17,19)(H,20,21)/p-1. The molecule has 0 aliphatic carbocycles. The summed E-state index contributed by atoms with van der Waals surface area (Å²) in [7, 11) is 0. The van der Waals surface area contributed by atoms with Crippen LogP contribution in [0.2, 0.25) is 5.02 Å². The van der Waals surface area contributed by atoms with E-state index in [0.717, 1.165) is 0 Å². The fourth-order valence-electron chi connectivity index (χ4n) is 1.75. The van der Waals surface area contributed by atoms with Gasteiger partial charge in [0.1, 0.15) is 17.4 Å². The molecule has 0 atom stereocenters. The van der Waals surface area contributed by atoms with E-state index in [2.05, 4.69) is 10.3 Å². The van der Waals surface area contributed by atoms with E-state index in [1.165, 1.54) is 11.3 Å². The Hall–Kier alpha value is -2.12. The number of thiazole rings is 1. The lowest BCUT2D eigenvalue weighted by Crippen LogP contribution is -2.29. The topological polar surface area (TPSA) is 91.3 Å². The van der Waals surface area contributed by atoms with Crippen LogP contribution < -0.4 is 15.2 Å². The van der Waals surface area contributed by atoms with Crippen LogP contribution in [0.15, 0.2) is 29.6 Å². The Balaban J connectivity index is 1.67. The average molecular weight is 354 g/mol. The minimum absolute atomic E-state index is 0.110. The van der Waals surface area contributed by atoms with Crippen molar-refractivity contribution in [2.24, 2.45) is 0 Å². The predicted molar refractivity (Wildman–Crippen MR) is 84.5 cm³/mol. The molecule has 6 nitrogen and oxygen atoms in total. The van der Waals surface area contributed by atoms with Gasteiger partial charge in [0, 0.05) is 22.8 Å². The number of amides is 1. The monoisotopic (exact) mass is 353 g/mol. The number of carbonyl (C=O) groups is 2. The van der Waals surface area contributed by atoms with E-state index < -0.39 is 5.97 Å². The molecule has 8 heteroatoms. The maximum absolute atomic E-state index is 11.8. The minimum Gasteiger partial charge on any atom is -0.550 e. The Kier molecular flexibility index (Phi) is 6.37. The summed E-state index contributed by atoms with van der Waals surface area (Å²) in [5.41, 5.74) is 0.406. The molecule has 1 aromatic carbocycles. The number of carbonyl (C=O) groups excluding carboxylic acids is 2. The molecule has 0 spiro atoms. The van der Waals surface area contributed by atoms with Crippen LogP contribution in [0.3, 0.4) is 0 Å². The van der Waals surface area contributed by atoms with Gasteiger partial charge < -0.3 is 20.0 Å². The van der Waals surface area contributed by atoms with Crippen LogP contribution in [0, 0.1) is 0 Å². The van der Waals surface area contributed by atoms with Crippen LogP contribution in [-0.2, 0) is 22.4 Å². The number of nitrogens with one attached hydrogen (secondary N) is 1. The second-order valence-corrected chi connectivity index (χ2v) is 5.99. The zero-order valence-electron chi connectivity index (χ0n) is 12.1. The number of hydrogen-bond acceptors (Lipinski definition) is 6. The summed E-state index contributed by atoms with van der Waals surface area (Å²) in [5.74, 6) is -0.708. The third-order valence-electron chi connectivity index (χ3n) is 2.74. The number of ether oxygens (including phenoxy) is 1. The summed E-state index contributed by atoms with van der Waals surface area (Å²) >= 11 is 7.02. The van der Waals surface area contributed by atoms with Gasteiger partial charge in [-0.05, 0) is 24.3 Å². The number of aliphatic carboxylic acids is 1. The van der Waals surface area contributed by atoms with Gasteiger partial charge in [-0.3, -0.25) is 4.79 Å². The fourth-order valence-corrected chi connectivity index (χ4v) is 2.67. The maximum atomic E-state index is 11.8. The predicted octanol–water partition coefficient (Wildman–Crippen LogP) is 0.827. The second-order valence-electron chi connectivity index (χ2n) is 4.61. The SMILES string of the molecule is O=C([O-])Cc1csc(CC(=O)NCCOc2ccc(Cl)cc2)n1. The molecule has 0 aliphatic rings. The van der Waals surface area contributed by atoms with Crippen LogP contribution >= 0.6 is 22.9 Å². The van der Waals surface area contributed by atoms with Gasteiger partial charge in [-0.15, -0.1) is 11.3 Å². The van der Waals surface area contributed by atoms with Gasteiger partial charge in [0.15, 0.2) is 0 Å². The Morgan fingerprint density at radius 2 is 2.00 bits per heavy atom. The van der Waals surface area contributed by atoms with Crippen molar-refractivity contribution in [3.8, 4) is 5.75 Å². The third-order valence-corrected chi connectivity index (χ3v) is 3.89. The Labute approximate surface area is 142 Å². The van der Waals surface area contributed by atoms with Gasteiger partial charge in [-0.2, -0.15) is 0 Å². The molecule has 0 aliphatic heterocycles. The molecule has 1 heterocycles. The summed E-state index contributed by atoms with van der Waals surface area (Å²) in [5, 5.41) is 16.0. The van der Waals surface area contributed by atoms with Gasteiger partial charge in [0.05, 0.1) is 18.7 Å². The molecule has 0 saturated carbocycles. The number of aromatic nitrogens is 1. The number of benzene rings is 1. The summed E-state index contributed by atoms with van der Waals surface area (Å²) in [6.45, 7) is 0.694. The number of carboxylic acids is 1. The van der Waals surface area contributed by atoms with Crippen LogP contribution in [0.4, 0.5) is 0 Å². The molecule has 1 aromatic heterocycles. The van der Waals surface area contributed by atoms with E-state index in [4.69, 9.17) is 16.3 Å². The van der Waals surface area contributed by atoms with E-state index >= 15 is 0 Å². The van der Waals surface area contributed by atoms with Crippen molar-refractivity contribution in [1.29, 1.82) is 0 Å². The molecule has 122 valence electrons. The van der Waals surface area contributed by atoms with E-state index in [1.807, 2.05) is 0 Å². The van der Waals surface area contributed by atoms with Crippen molar-refractivity contribution in [2.45, 2.75) is 12.8 Å². The third kappa shape index (κ3) is 6.25. The van der Waals surface area contributed by atoms with Gasteiger partial charge >= 0.3 is 0 Å². The van der Waals surface area contributed by atoms with E-state index in [1.54, 1.807) is 29.6 Å². The summed E-state index contributed by atoms with van der Waals surface area (Å²) in [6.07, 6.45) is -0.133. The van der Waals surface area contributed by atoms with Gasteiger partial charge in [0.25, 0.3) is 0 Å². The molecule has 0 unspecified atom stereocenters. The van der Waals surface area contributed by atoms with Crippen LogP contribution in [0.5, 0.6) is 5.75 Å². The summed E-state index contributed by atoms with van der Waals surface area (Å²) in [4.78, 5) is 26.3. The molecule has 0 radical (unpaired) electrons. The molecular weight excluding hydrogens is 340 g/mol. The van der Waals surface area contributed by atoms with Crippen LogP contribution in [-0.4, -0.2) is 30.0 Å². The van der Waals surface area contributed by atoms with Crippen molar-refractivity contribution >= 4 is 34.8 Å². The number of hydrogen-bond donors (Lipinski definition) is 1. The quantitative estimate of drug-likeness (QED) is 0.710. The fraction of sp³-hybridized carbons (Fsp3) is 0.267. The molecule has 1 N–H and O–H groups in total. The zero-order chi connectivity index (χ0) is 16.7. The van der Waals surface area contributed by atoms with Crippen LogP contribution in [0.1, 0.15) is 10.7 Å². The van der Waals surface area contributed by atoms with Crippen molar-refractivity contribution in [3.63, 3.8) is 0 Å². The van der Waals surface area contributed by atoms with Crippen molar-refractivity contribution in [1.82, 2.24) is 10.3 Å². The highest BCUT2D eigenvalue weighted by Gasteiger charge is 2.08. The lowest BCUT2D eigenvalue weighted by atomic mass is 10.3. The normalized spacial score (nSPS) is 10.3. The second kappa shape index (κ2) is 8.50. The highest BCUT2D eigenvalue weighted by Crippen LogP contribution is 2.15. The van der Waals surface area contributed by atoms with E-state index in [0.29, 0.717) is 34.6 Å². The molecule has 0 bridgehead atoms. The first kappa shape index (κ1) is 17.2. The van der Waals surface area contributed by atoms with Gasteiger partial charge in [0.2, 0.25) is 5.91 Å². The summed E-state index contributed by atoms with van der Waals surface area (Å²) < 4.78 is 5.45. The smallest absolute Gasteiger partial charge is 0.226 e. The minimum atomic E-state index is -1.19. The molecule has 2 rings (SSSR count). The number of nitrogens with zero attached hydrogens (tertiary/aromatic N) is 1. The molecule has 1 amide bonds. The van der Waals surface area contributed by atoms with Crippen molar-refractivity contribution in [2.75, 3.05) is 13.2 Å². The van der Waals surface area contributed by atoms with E-state index in [9.17, 15) is 14.7 Å². The molecule has 23 heavy (non-hydrogen) atoms.